The molecule has 0 atom stereocenters. The predicted octanol–water partition coefficient (Wildman–Crippen LogP) is 4.43. The van der Waals surface area contributed by atoms with Crippen molar-refractivity contribution < 1.29 is 14.0 Å². The van der Waals surface area contributed by atoms with Gasteiger partial charge in [0.05, 0.1) is 18.5 Å². The summed E-state index contributed by atoms with van der Waals surface area (Å²) in [6, 6.07) is 17.2. The Hall–Kier alpha value is -4.17. The van der Waals surface area contributed by atoms with E-state index in [2.05, 4.69) is 10.6 Å². The lowest BCUT2D eigenvalue weighted by atomic mass is 10.1. The molecule has 0 saturated carbocycles. The molecule has 0 aliphatic carbocycles. The lowest BCUT2D eigenvalue weighted by molar-refractivity contribution is -0.121. The molecule has 4 aromatic rings. The van der Waals surface area contributed by atoms with Gasteiger partial charge < -0.3 is 19.6 Å². The Balaban J connectivity index is 1.41. The number of anilines is 1. The Labute approximate surface area is 208 Å². The van der Waals surface area contributed by atoms with Gasteiger partial charge in [-0.2, -0.15) is 0 Å². The van der Waals surface area contributed by atoms with Crippen LogP contribution in [0.5, 0.6) is 0 Å². The van der Waals surface area contributed by atoms with E-state index in [9.17, 15) is 9.59 Å². The molecule has 7 nitrogen and oxygen atoms in total. The zero-order valence-electron chi connectivity index (χ0n) is 19.4. The van der Waals surface area contributed by atoms with Crippen molar-refractivity contribution in [2.75, 3.05) is 4.90 Å². The second-order valence-electron chi connectivity index (χ2n) is 8.48. The molecule has 2 amide bonds. The highest BCUT2D eigenvalue weighted by Gasteiger charge is 2.32. The molecular weight excluding hydrogens is 460 g/mol. The van der Waals surface area contributed by atoms with Crippen LogP contribution in [0.2, 0.25) is 0 Å². The van der Waals surface area contributed by atoms with Gasteiger partial charge in [0, 0.05) is 22.7 Å². The van der Waals surface area contributed by atoms with E-state index in [-0.39, 0.29) is 18.4 Å². The zero-order valence-corrected chi connectivity index (χ0v) is 20.2. The number of amides is 2. The van der Waals surface area contributed by atoms with Gasteiger partial charge in [0.15, 0.2) is 5.11 Å². The molecule has 2 N–H and O–H groups in total. The van der Waals surface area contributed by atoms with Gasteiger partial charge in [0.2, 0.25) is 5.91 Å². The summed E-state index contributed by atoms with van der Waals surface area (Å²) in [6.07, 6.45) is 5.24. The van der Waals surface area contributed by atoms with Crippen molar-refractivity contribution in [3.63, 3.8) is 0 Å². The number of aryl methyl sites for hydroxylation is 2. The third kappa shape index (κ3) is 4.48. The third-order valence-electron chi connectivity index (χ3n) is 6.10. The van der Waals surface area contributed by atoms with Crippen LogP contribution in [0.15, 0.2) is 77.2 Å². The first kappa shape index (κ1) is 22.6. The number of benzene rings is 2. The Bertz CT molecular complexity index is 1480. The second kappa shape index (κ2) is 9.23. The lowest BCUT2D eigenvalue weighted by Gasteiger charge is -2.15. The summed E-state index contributed by atoms with van der Waals surface area (Å²) < 4.78 is 7.14. The van der Waals surface area contributed by atoms with Crippen molar-refractivity contribution in [3.8, 4) is 0 Å². The number of carbonyl (C=O) groups excluding carboxylic acids is 2. The van der Waals surface area contributed by atoms with Gasteiger partial charge in [-0.3, -0.25) is 14.5 Å². The lowest BCUT2D eigenvalue weighted by Crippen LogP contribution is -2.30. The van der Waals surface area contributed by atoms with Crippen LogP contribution in [0.4, 0.5) is 5.69 Å². The molecule has 176 valence electrons. The van der Waals surface area contributed by atoms with E-state index in [1.165, 1.54) is 4.90 Å². The number of furan rings is 1. The minimum atomic E-state index is -0.216. The normalized spacial score (nSPS) is 14.7. The highest BCUT2D eigenvalue weighted by atomic mass is 32.1. The van der Waals surface area contributed by atoms with E-state index >= 15 is 0 Å². The highest BCUT2D eigenvalue weighted by Crippen LogP contribution is 2.27. The molecule has 2 aromatic carbocycles. The maximum Gasteiger partial charge on any atom is 0.281 e. The van der Waals surface area contributed by atoms with Crippen LogP contribution < -0.4 is 15.5 Å². The van der Waals surface area contributed by atoms with E-state index in [1.807, 2.05) is 73.1 Å². The van der Waals surface area contributed by atoms with Crippen molar-refractivity contribution in [2.45, 2.75) is 26.9 Å². The highest BCUT2D eigenvalue weighted by molar-refractivity contribution is 7.80. The van der Waals surface area contributed by atoms with Crippen LogP contribution in [0.1, 0.15) is 22.5 Å². The summed E-state index contributed by atoms with van der Waals surface area (Å²) >= 11 is 5.48. The van der Waals surface area contributed by atoms with Gasteiger partial charge in [0.1, 0.15) is 18.0 Å². The van der Waals surface area contributed by atoms with Crippen molar-refractivity contribution in [1.82, 2.24) is 15.2 Å². The summed E-state index contributed by atoms with van der Waals surface area (Å²) in [5.41, 5.74) is 5.07. The number of nitrogens with one attached hydrogen (secondary N) is 2. The summed E-state index contributed by atoms with van der Waals surface area (Å²) in [5.74, 6) is 0.334. The number of carbonyl (C=O) groups is 2. The minimum absolute atomic E-state index is 0.138. The first-order valence-corrected chi connectivity index (χ1v) is 11.6. The SMILES string of the molecule is Cc1ccc(N2C(=O)/C(=C/c3cn(CC(=O)NCc4ccco4)c4ccccc34)NC2=S)cc1C. The van der Waals surface area contributed by atoms with Crippen molar-refractivity contribution in [2.24, 2.45) is 0 Å². The topological polar surface area (TPSA) is 79.5 Å². The predicted molar refractivity (Wildman–Crippen MR) is 140 cm³/mol. The first-order valence-electron chi connectivity index (χ1n) is 11.2. The number of aromatic nitrogens is 1. The molecule has 35 heavy (non-hydrogen) atoms. The zero-order chi connectivity index (χ0) is 24.5. The van der Waals surface area contributed by atoms with Crippen LogP contribution in [-0.4, -0.2) is 21.5 Å². The Morgan fingerprint density at radius 2 is 1.94 bits per heavy atom. The smallest absolute Gasteiger partial charge is 0.281 e. The van der Waals surface area contributed by atoms with Crippen LogP contribution in [-0.2, 0) is 22.7 Å². The van der Waals surface area contributed by atoms with Crippen LogP contribution in [0.25, 0.3) is 17.0 Å². The fraction of sp³-hybridized carbons (Fsp3) is 0.148. The standard InChI is InChI=1S/C27H24N4O3S/c1-17-9-10-20(12-18(17)2)31-26(33)23(29-27(31)35)13-19-15-30(24-8-4-3-7-22(19)24)16-25(32)28-14-21-6-5-11-34-21/h3-13,15H,14,16H2,1-2H3,(H,28,32)(H,29,35)/b23-13-. The molecule has 3 heterocycles. The molecule has 0 bridgehead atoms. The fourth-order valence-electron chi connectivity index (χ4n) is 4.12. The van der Waals surface area contributed by atoms with Gasteiger partial charge in [-0.05, 0) is 73.6 Å². The van der Waals surface area contributed by atoms with Gasteiger partial charge in [-0.15, -0.1) is 0 Å². The molecule has 1 fully saturated rings. The Morgan fingerprint density at radius 1 is 1.11 bits per heavy atom. The number of thiocarbonyl (C=S) groups is 1. The van der Waals surface area contributed by atoms with Crippen molar-refractivity contribution in [1.29, 1.82) is 0 Å². The summed E-state index contributed by atoms with van der Waals surface area (Å²) in [5, 5.41) is 7.19. The minimum Gasteiger partial charge on any atom is -0.467 e. The van der Waals surface area contributed by atoms with E-state index in [1.54, 1.807) is 18.4 Å². The molecule has 1 aliphatic heterocycles. The average Bonchev–Trinajstić information content (AvgIpc) is 3.54. The summed E-state index contributed by atoms with van der Waals surface area (Å²) in [6.45, 7) is 4.50. The maximum absolute atomic E-state index is 13.3. The number of para-hydroxylation sites is 1. The van der Waals surface area contributed by atoms with Crippen LogP contribution in [0.3, 0.4) is 0 Å². The molecule has 5 rings (SSSR count). The van der Waals surface area contributed by atoms with Gasteiger partial charge in [0.25, 0.3) is 5.91 Å². The summed E-state index contributed by atoms with van der Waals surface area (Å²) in [4.78, 5) is 27.3. The van der Waals surface area contributed by atoms with Crippen molar-refractivity contribution in [3.05, 3.63) is 95.2 Å². The Kier molecular flexibility index (Phi) is 5.96. The number of fused-ring (bicyclic) bond motifs is 1. The number of hydrogen-bond acceptors (Lipinski definition) is 4. The van der Waals surface area contributed by atoms with Gasteiger partial charge >= 0.3 is 0 Å². The largest absolute Gasteiger partial charge is 0.467 e. The van der Waals surface area contributed by atoms with E-state index in [0.717, 1.165) is 33.3 Å². The van der Waals surface area contributed by atoms with Crippen molar-refractivity contribution >= 4 is 51.8 Å². The van der Waals surface area contributed by atoms with Gasteiger partial charge in [-0.25, -0.2) is 0 Å². The molecule has 0 spiro atoms. The molecule has 0 unspecified atom stereocenters. The molecule has 8 heteroatoms. The number of hydrogen-bond donors (Lipinski definition) is 2. The molecular formula is C27H24N4O3S. The van der Waals surface area contributed by atoms with Crippen LogP contribution >= 0.6 is 12.2 Å². The number of nitrogens with zero attached hydrogens (tertiary/aromatic N) is 2. The van der Waals surface area contributed by atoms with Gasteiger partial charge in [-0.1, -0.05) is 24.3 Å². The maximum atomic E-state index is 13.3. The second-order valence-corrected chi connectivity index (χ2v) is 8.87. The monoisotopic (exact) mass is 484 g/mol. The van der Waals surface area contributed by atoms with E-state index in [0.29, 0.717) is 23.1 Å². The summed E-state index contributed by atoms with van der Waals surface area (Å²) in [7, 11) is 0. The molecule has 1 saturated heterocycles. The number of rotatable bonds is 6. The fourth-order valence-corrected chi connectivity index (χ4v) is 4.42. The molecule has 0 radical (unpaired) electrons. The van der Waals surface area contributed by atoms with E-state index in [4.69, 9.17) is 16.6 Å². The van der Waals surface area contributed by atoms with E-state index < -0.39 is 0 Å². The quantitative estimate of drug-likeness (QED) is 0.313. The third-order valence-corrected chi connectivity index (χ3v) is 6.38. The Morgan fingerprint density at radius 3 is 2.71 bits per heavy atom. The van der Waals surface area contributed by atoms with Crippen LogP contribution in [0, 0.1) is 13.8 Å². The average molecular weight is 485 g/mol. The first-order chi connectivity index (χ1) is 16.9. The molecule has 1 aliphatic rings. The molecule has 2 aromatic heterocycles.